The minimum atomic E-state index is -2.13. The number of ketones is 1. The molecule has 0 saturated heterocycles. The van der Waals surface area contributed by atoms with Crippen LogP contribution in [0.3, 0.4) is 0 Å². The van der Waals surface area contributed by atoms with E-state index in [1.165, 1.54) is 0 Å². The van der Waals surface area contributed by atoms with Gasteiger partial charge >= 0.3 is 0 Å². The van der Waals surface area contributed by atoms with Crippen LogP contribution in [0.25, 0.3) is 0 Å². The van der Waals surface area contributed by atoms with Crippen LogP contribution >= 0.6 is 0 Å². The van der Waals surface area contributed by atoms with Crippen molar-refractivity contribution < 1.29 is 15.0 Å². The summed E-state index contributed by atoms with van der Waals surface area (Å²) < 4.78 is 0. The fraction of sp³-hybridized carbons (Fsp3) is 0.800. The Kier molecular flexibility index (Phi) is 2.12. The summed E-state index contributed by atoms with van der Waals surface area (Å²) in [6.07, 6.45) is 0.156. The van der Waals surface area contributed by atoms with Gasteiger partial charge in [0.25, 0.3) is 0 Å². The molecule has 3 heteroatoms. The maximum absolute atomic E-state index is 10.3. The van der Waals surface area contributed by atoms with Gasteiger partial charge < -0.3 is 10.2 Å². The lowest BCUT2D eigenvalue weighted by Crippen LogP contribution is -2.33. The molecule has 0 rings (SSSR count). The highest BCUT2D eigenvalue weighted by atomic mass is 16.5. The minimum absolute atomic E-state index is 0.156. The molecule has 0 radical (unpaired) electrons. The van der Waals surface area contributed by atoms with Crippen molar-refractivity contribution in [3.05, 3.63) is 0 Å². The van der Waals surface area contributed by atoms with Gasteiger partial charge in [0, 0.05) is 6.42 Å². The first-order chi connectivity index (χ1) is 3.48. The first kappa shape index (κ1) is 7.59. The first-order valence-electron chi connectivity index (χ1n) is 2.46. The Bertz CT molecular complexity index is 90.3. The minimum Gasteiger partial charge on any atom is -0.360 e. The Morgan fingerprint density at radius 3 is 2.00 bits per heavy atom. The molecular weight excluding hydrogens is 108 g/mol. The van der Waals surface area contributed by atoms with E-state index in [0.717, 1.165) is 6.92 Å². The average molecular weight is 118 g/mol. The van der Waals surface area contributed by atoms with Gasteiger partial charge in [-0.2, -0.15) is 0 Å². The molecule has 0 saturated carbocycles. The van der Waals surface area contributed by atoms with E-state index >= 15 is 0 Å². The van der Waals surface area contributed by atoms with Crippen LogP contribution in [0.5, 0.6) is 0 Å². The first-order valence-corrected chi connectivity index (χ1v) is 2.46. The summed E-state index contributed by atoms with van der Waals surface area (Å²) in [4.78, 5) is 10.3. The highest BCUT2D eigenvalue weighted by molar-refractivity contribution is 5.84. The second-order valence-corrected chi connectivity index (χ2v) is 1.80. The Balaban J connectivity index is 3.82. The standard InChI is InChI=1S/C5H10O3/c1-3-4(6)5(2,7)8/h7-8H,3H2,1-2H3. The number of rotatable bonds is 2. The zero-order chi connectivity index (χ0) is 6.78. The van der Waals surface area contributed by atoms with Gasteiger partial charge in [0.1, 0.15) is 0 Å². The summed E-state index contributed by atoms with van der Waals surface area (Å²) >= 11 is 0. The van der Waals surface area contributed by atoms with Crippen LogP contribution < -0.4 is 0 Å². The molecule has 0 spiro atoms. The molecule has 0 aromatic carbocycles. The van der Waals surface area contributed by atoms with Crippen molar-refractivity contribution in [2.45, 2.75) is 26.1 Å². The topological polar surface area (TPSA) is 57.5 Å². The predicted octanol–water partition coefficient (Wildman–Crippen LogP) is -0.334. The van der Waals surface area contributed by atoms with Gasteiger partial charge in [-0.1, -0.05) is 6.92 Å². The van der Waals surface area contributed by atoms with Crippen LogP contribution in [-0.2, 0) is 4.79 Å². The molecule has 8 heavy (non-hydrogen) atoms. The van der Waals surface area contributed by atoms with E-state index in [2.05, 4.69) is 0 Å². The summed E-state index contributed by atoms with van der Waals surface area (Å²) in [6.45, 7) is 2.63. The van der Waals surface area contributed by atoms with Crippen molar-refractivity contribution in [3.8, 4) is 0 Å². The van der Waals surface area contributed by atoms with E-state index in [0.29, 0.717) is 0 Å². The smallest absolute Gasteiger partial charge is 0.220 e. The second-order valence-electron chi connectivity index (χ2n) is 1.80. The van der Waals surface area contributed by atoms with E-state index in [1.807, 2.05) is 0 Å². The molecule has 0 bridgehead atoms. The molecule has 3 nitrogen and oxygen atoms in total. The van der Waals surface area contributed by atoms with E-state index in [9.17, 15) is 4.79 Å². The van der Waals surface area contributed by atoms with Crippen molar-refractivity contribution in [2.24, 2.45) is 0 Å². The lowest BCUT2D eigenvalue weighted by atomic mass is 10.2. The second kappa shape index (κ2) is 2.24. The normalized spacial score (nSPS) is 11.5. The van der Waals surface area contributed by atoms with E-state index in [4.69, 9.17) is 10.2 Å². The SMILES string of the molecule is CCC(=O)C(C)(O)O. The molecule has 0 atom stereocenters. The van der Waals surface area contributed by atoms with Crippen LogP contribution in [0.2, 0.25) is 0 Å². The lowest BCUT2D eigenvalue weighted by Gasteiger charge is -2.11. The molecule has 0 fully saturated rings. The molecule has 0 aliphatic carbocycles. The Morgan fingerprint density at radius 1 is 1.62 bits per heavy atom. The molecule has 0 unspecified atom stereocenters. The van der Waals surface area contributed by atoms with Gasteiger partial charge in [0.05, 0.1) is 0 Å². The molecule has 0 amide bonds. The Labute approximate surface area is 47.9 Å². The van der Waals surface area contributed by atoms with Gasteiger partial charge in [-0.25, -0.2) is 0 Å². The molecule has 48 valence electrons. The van der Waals surface area contributed by atoms with Gasteiger partial charge in [0.2, 0.25) is 5.79 Å². The molecule has 0 heterocycles. The maximum Gasteiger partial charge on any atom is 0.220 e. The molecule has 0 aromatic heterocycles. The summed E-state index contributed by atoms with van der Waals surface area (Å²) in [7, 11) is 0. The third-order valence-corrected chi connectivity index (χ3v) is 0.849. The summed E-state index contributed by atoms with van der Waals surface area (Å²) in [6, 6.07) is 0. The van der Waals surface area contributed by atoms with Crippen molar-refractivity contribution in [2.75, 3.05) is 0 Å². The zero-order valence-corrected chi connectivity index (χ0v) is 5.01. The molecule has 0 aliphatic rings. The van der Waals surface area contributed by atoms with Gasteiger partial charge in [-0.05, 0) is 6.92 Å². The van der Waals surface area contributed by atoms with E-state index in [1.54, 1.807) is 6.92 Å². The predicted molar refractivity (Wildman–Crippen MR) is 28.1 cm³/mol. The Hall–Kier alpha value is -0.410. The highest BCUT2D eigenvalue weighted by Crippen LogP contribution is 2.00. The molecular formula is C5H10O3. The van der Waals surface area contributed by atoms with Crippen LogP contribution in [0, 0.1) is 0 Å². The third-order valence-electron chi connectivity index (χ3n) is 0.849. The van der Waals surface area contributed by atoms with Crippen molar-refractivity contribution >= 4 is 5.78 Å². The van der Waals surface area contributed by atoms with Crippen molar-refractivity contribution in [1.82, 2.24) is 0 Å². The lowest BCUT2D eigenvalue weighted by molar-refractivity contribution is -0.175. The number of aliphatic hydroxyl groups is 2. The fourth-order valence-electron chi connectivity index (χ4n) is 0.335. The number of carbonyl (C=O) groups excluding carboxylic acids is 1. The van der Waals surface area contributed by atoms with Crippen LogP contribution in [-0.4, -0.2) is 21.8 Å². The molecule has 0 aromatic rings. The molecule has 2 N–H and O–H groups in total. The zero-order valence-electron chi connectivity index (χ0n) is 5.01. The van der Waals surface area contributed by atoms with Gasteiger partial charge in [0.15, 0.2) is 5.78 Å². The number of carbonyl (C=O) groups is 1. The number of Topliss-reactive ketones (excluding diaryl/α,β-unsaturated/α-hetero) is 1. The van der Waals surface area contributed by atoms with Crippen LogP contribution in [0.15, 0.2) is 0 Å². The number of hydrogen-bond donors (Lipinski definition) is 2. The van der Waals surface area contributed by atoms with Crippen LogP contribution in [0.1, 0.15) is 20.3 Å². The van der Waals surface area contributed by atoms with Crippen LogP contribution in [0.4, 0.5) is 0 Å². The quantitative estimate of drug-likeness (QED) is 0.488. The highest BCUT2D eigenvalue weighted by Gasteiger charge is 2.23. The maximum atomic E-state index is 10.3. The van der Waals surface area contributed by atoms with E-state index in [-0.39, 0.29) is 6.42 Å². The number of hydrogen-bond acceptors (Lipinski definition) is 3. The third kappa shape index (κ3) is 2.04. The van der Waals surface area contributed by atoms with Crippen molar-refractivity contribution in [3.63, 3.8) is 0 Å². The van der Waals surface area contributed by atoms with E-state index < -0.39 is 11.6 Å². The summed E-state index contributed by atoms with van der Waals surface area (Å²) in [5.74, 6) is -2.69. The Morgan fingerprint density at radius 2 is 2.00 bits per heavy atom. The van der Waals surface area contributed by atoms with Gasteiger partial charge in [-0.3, -0.25) is 4.79 Å². The molecule has 0 aliphatic heterocycles. The van der Waals surface area contributed by atoms with Gasteiger partial charge in [-0.15, -0.1) is 0 Å². The summed E-state index contributed by atoms with van der Waals surface area (Å²) in [5.41, 5.74) is 0. The average Bonchev–Trinajstić information content (AvgIpc) is 1.62. The monoisotopic (exact) mass is 118 g/mol. The largest absolute Gasteiger partial charge is 0.360 e. The fourth-order valence-corrected chi connectivity index (χ4v) is 0.335. The summed E-state index contributed by atoms with van der Waals surface area (Å²) in [5, 5.41) is 17.0. The van der Waals surface area contributed by atoms with Crippen molar-refractivity contribution in [1.29, 1.82) is 0 Å².